The number of carbonyl (C=O) groups is 1. The third kappa shape index (κ3) is 2.15. The van der Waals surface area contributed by atoms with E-state index in [-0.39, 0.29) is 40.9 Å². The molecule has 2 rings (SSSR count). The molecule has 15 heavy (non-hydrogen) atoms. The molecule has 0 saturated heterocycles. The van der Waals surface area contributed by atoms with Crippen molar-refractivity contribution < 1.29 is 15.0 Å². The molecule has 0 atom stereocenters. The van der Waals surface area contributed by atoms with Gasteiger partial charge in [0.05, 0.1) is 5.56 Å². The third-order valence-corrected chi connectivity index (χ3v) is 2.13. The van der Waals surface area contributed by atoms with Crippen molar-refractivity contribution in [2.75, 3.05) is 0 Å². The van der Waals surface area contributed by atoms with Crippen molar-refractivity contribution >= 4 is 46.3 Å². The maximum absolute atomic E-state index is 10.8. The molecule has 2 N–H and O–H groups in total. The molecule has 0 aliphatic rings. The van der Waals surface area contributed by atoms with Crippen LogP contribution in [0.5, 0.6) is 5.75 Å². The van der Waals surface area contributed by atoms with Gasteiger partial charge in [-0.3, -0.25) is 0 Å². The van der Waals surface area contributed by atoms with E-state index >= 15 is 0 Å². The Hall–Kier alpha value is -1.03. The number of carboxylic acid groups (broad SMARTS) is 1. The van der Waals surface area contributed by atoms with Crippen LogP contribution in [0.15, 0.2) is 36.4 Å². The Labute approximate surface area is 109 Å². The van der Waals surface area contributed by atoms with Crippen LogP contribution < -0.4 is 0 Å². The van der Waals surface area contributed by atoms with Gasteiger partial charge in [0.1, 0.15) is 5.75 Å². The summed E-state index contributed by atoms with van der Waals surface area (Å²) >= 11 is 0. The molecule has 0 aromatic heterocycles. The van der Waals surface area contributed by atoms with Gasteiger partial charge in [-0.05, 0) is 17.5 Å². The number of hydrogen-bond donors (Lipinski definition) is 2. The molecule has 0 radical (unpaired) electrons. The first-order chi connectivity index (χ1) is 6.70. The van der Waals surface area contributed by atoms with Crippen LogP contribution in [0.3, 0.4) is 0 Å². The summed E-state index contributed by atoms with van der Waals surface area (Å²) in [4.78, 5) is 10.8. The molecule has 0 saturated carbocycles. The average Bonchev–Trinajstić information content (AvgIpc) is 2.18. The van der Waals surface area contributed by atoms with Gasteiger partial charge >= 0.3 is 35.5 Å². The van der Waals surface area contributed by atoms with Gasteiger partial charge in [-0.15, -0.1) is 0 Å². The van der Waals surface area contributed by atoms with Gasteiger partial charge in [0.2, 0.25) is 0 Å². The Morgan fingerprint density at radius 1 is 1.00 bits per heavy atom. The molecule has 2 aromatic rings. The number of rotatable bonds is 1. The number of fused-ring (bicyclic) bond motifs is 1. The summed E-state index contributed by atoms with van der Waals surface area (Å²) in [7, 11) is 0. The summed E-state index contributed by atoms with van der Waals surface area (Å²) in [6.45, 7) is 0. The fourth-order valence-corrected chi connectivity index (χ4v) is 1.47. The van der Waals surface area contributed by atoms with Gasteiger partial charge in [0, 0.05) is 5.39 Å². The van der Waals surface area contributed by atoms with E-state index in [1.165, 1.54) is 12.1 Å². The van der Waals surface area contributed by atoms with Crippen molar-refractivity contribution in [3.8, 4) is 5.75 Å². The van der Waals surface area contributed by atoms with Crippen LogP contribution in [0, 0.1) is 0 Å². The fraction of sp³-hybridized carbons (Fsp3) is 0. The second-order valence-electron chi connectivity index (χ2n) is 2.98. The van der Waals surface area contributed by atoms with Crippen LogP contribution in [0.4, 0.5) is 0 Å². The molecule has 4 heteroatoms. The number of aromatic carboxylic acids is 1. The first-order valence-electron chi connectivity index (χ1n) is 4.14. The van der Waals surface area contributed by atoms with E-state index in [1.807, 2.05) is 0 Å². The predicted octanol–water partition coefficient (Wildman–Crippen LogP) is 1.60. The van der Waals surface area contributed by atoms with Crippen molar-refractivity contribution in [2.45, 2.75) is 0 Å². The molecular formula is C11H9NaO3. The molecule has 0 heterocycles. The number of phenolic OH excluding ortho intramolecular Hbond substituents is 1. The predicted molar refractivity (Wildman–Crippen MR) is 59.7 cm³/mol. The quantitative estimate of drug-likeness (QED) is 0.706. The van der Waals surface area contributed by atoms with Crippen LogP contribution in [0.2, 0.25) is 0 Å². The Morgan fingerprint density at radius 2 is 1.60 bits per heavy atom. The SMILES string of the molecule is O=C(O)c1ccc(O)c2ccccc12.[NaH]. The second-order valence-corrected chi connectivity index (χ2v) is 2.98. The van der Waals surface area contributed by atoms with E-state index in [0.717, 1.165) is 0 Å². The molecule has 0 bridgehead atoms. The minimum absolute atomic E-state index is 0. The van der Waals surface area contributed by atoms with Gasteiger partial charge in [0.15, 0.2) is 0 Å². The van der Waals surface area contributed by atoms with E-state index in [2.05, 4.69) is 0 Å². The molecule has 0 fully saturated rings. The first-order valence-corrected chi connectivity index (χ1v) is 4.14. The number of carboxylic acids is 1. The van der Waals surface area contributed by atoms with Gasteiger partial charge < -0.3 is 10.2 Å². The van der Waals surface area contributed by atoms with Gasteiger partial charge in [-0.25, -0.2) is 4.79 Å². The molecule has 0 amide bonds. The summed E-state index contributed by atoms with van der Waals surface area (Å²) in [5.74, 6) is -0.883. The average molecular weight is 212 g/mol. The second kappa shape index (κ2) is 4.66. The molecule has 3 nitrogen and oxygen atoms in total. The van der Waals surface area contributed by atoms with E-state index < -0.39 is 5.97 Å². The van der Waals surface area contributed by atoms with E-state index in [0.29, 0.717) is 10.8 Å². The zero-order valence-electron chi connectivity index (χ0n) is 7.27. The number of phenols is 1. The summed E-state index contributed by atoms with van der Waals surface area (Å²) in [5, 5.41) is 19.5. The number of aromatic hydroxyl groups is 1. The molecule has 0 spiro atoms. The fourth-order valence-electron chi connectivity index (χ4n) is 1.47. The molecule has 0 unspecified atom stereocenters. The maximum atomic E-state index is 10.8. The van der Waals surface area contributed by atoms with Crippen LogP contribution in [0.1, 0.15) is 10.4 Å². The summed E-state index contributed by atoms with van der Waals surface area (Å²) in [6.07, 6.45) is 0. The molecule has 0 aliphatic carbocycles. The van der Waals surface area contributed by atoms with Crippen molar-refractivity contribution in [2.24, 2.45) is 0 Å². The Kier molecular flexibility index (Phi) is 3.74. The normalized spacial score (nSPS) is 9.60. The van der Waals surface area contributed by atoms with E-state index in [9.17, 15) is 9.90 Å². The number of hydrogen-bond acceptors (Lipinski definition) is 2. The Morgan fingerprint density at radius 3 is 2.20 bits per heavy atom. The van der Waals surface area contributed by atoms with Gasteiger partial charge in [-0.1, -0.05) is 24.3 Å². The molecule has 2 aromatic carbocycles. The van der Waals surface area contributed by atoms with Crippen LogP contribution in [0.25, 0.3) is 10.8 Å². The zero-order chi connectivity index (χ0) is 10.1. The van der Waals surface area contributed by atoms with Crippen LogP contribution in [-0.2, 0) is 0 Å². The monoisotopic (exact) mass is 212 g/mol. The Bertz CT molecular complexity index is 508. The van der Waals surface area contributed by atoms with Crippen molar-refractivity contribution in [1.82, 2.24) is 0 Å². The zero-order valence-corrected chi connectivity index (χ0v) is 7.27. The topological polar surface area (TPSA) is 57.5 Å². The first kappa shape index (κ1) is 12.0. The minimum atomic E-state index is -0.985. The van der Waals surface area contributed by atoms with Crippen LogP contribution >= 0.6 is 0 Å². The van der Waals surface area contributed by atoms with Crippen molar-refractivity contribution in [3.05, 3.63) is 42.0 Å². The molecule has 0 aliphatic heterocycles. The molecular weight excluding hydrogens is 203 g/mol. The van der Waals surface area contributed by atoms with Crippen molar-refractivity contribution in [1.29, 1.82) is 0 Å². The van der Waals surface area contributed by atoms with E-state index in [1.54, 1.807) is 24.3 Å². The van der Waals surface area contributed by atoms with Gasteiger partial charge in [0.25, 0.3) is 0 Å². The molecule has 72 valence electrons. The summed E-state index contributed by atoms with van der Waals surface area (Å²) in [6, 6.07) is 9.67. The Balaban J connectivity index is 0.00000112. The summed E-state index contributed by atoms with van der Waals surface area (Å²) < 4.78 is 0. The van der Waals surface area contributed by atoms with Crippen LogP contribution in [-0.4, -0.2) is 45.7 Å². The van der Waals surface area contributed by atoms with Gasteiger partial charge in [-0.2, -0.15) is 0 Å². The summed E-state index contributed by atoms with van der Waals surface area (Å²) in [5.41, 5.74) is 0.207. The third-order valence-electron chi connectivity index (χ3n) is 2.13. The standard InChI is InChI=1S/C11H8O3.Na.H/c12-10-6-5-9(11(13)14)7-3-1-2-4-8(7)10;;/h1-6,12H,(H,13,14);;. The van der Waals surface area contributed by atoms with E-state index in [4.69, 9.17) is 5.11 Å². The number of benzene rings is 2. The van der Waals surface area contributed by atoms with Crippen molar-refractivity contribution in [3.63, 3.8) is 0 Å².